The normalized spacial score (nSPS) is 16.9. The van der Waals surface area contributed by atoms with Gasteiger partial charge in [0.1, 0.15) is 17.9 Å². The van der Waals surface area contributed by atoms with E-state index in [0.717, 1.165) is 62.8 Å². The number of imidazole rings is 1. The lowest BCUT2D eigenvalue weighted by molar-refractivity contribution is -0.917. The maximum absolute atomic E-state index is 12.7. The van der Waals surface area contributed by atoms with Gasteiger partial charge in [0.25, 0.3) is 0 Å². The highest BCUT2D eigenvalue weighted by Crippen LogP contribution is 2.25. The first kappa shape index (κ1) is 19.2. The summed E-state index contributed by atoms with van der Waals surface area (Å²) in [7, 11) is 0. The number of ether oxygens (including phenoxy) is 1. The molecule has 7 heteroatoms. The van der Waals surface area contributed by atoms with Crippen molar-refractivity contribution < 1.29 is 14.4 Å². The van der Waals surface area contributed by atoms with Crippen molar-refractivity contribution in [2.45, 2.75) is 13.0 Å². The summed E-state index contributed by atoms with van der Waals surface area (Å²) >= 11 is 6.25. The van der Waals surface area contributed by atoms with Crippen LogP contribution in [0.4, 0.5) is 0 Å². The molecule has 0 radical (unpaired) electrons. The number of pyridine rings is 1. The van der Waals surface area contributed by atoms with Gasteiger partial charge in [0.15, 0.2) is 5.15 Å². The summed E-state index contributed by atoms with van der Waals surface area (Å²) in [6.07, 6.45) is 6.26. The van der Waals surface area contributed by atoms with E-state index in [2.05, 4.69) is 23.2 Å². The number of halogens is 1. The van der Waals surface area contributed by atoms with Gasteiger partial charge in [-0.25, -0.2) is 4.98 Å². The van der Waals surface area contributed by atoms with Crippen LogP contribution in [-0.4, -0.2) is 53.0 Å². The Morgan fingerprint density at radius 2 is 2.10 bits per heavy atom. The van der Waals surface area contributed by atoms with Crippen LogP contribution in [-0.2, 0) is 17.8 Å². The maximum Gasteiger partial charge on any atom is 0.247 e. The van der Waals surface area contributed by atoms with Crippen molar-refractivity contribution >= 4 is 29.2 Å². The fourth-order valence-electron chi connectivity index (χ4n) is 4.25. The van der Waals surface area contributed by atoms with E-state index in [1.165, 1.54) is 16.0 Å². The number of carbonyl (C=O) groups excluding carboxylic acids is 1. The van der Waals surface area contributed by atoms with Crippen LogP contribution in [0.5, 0.6) is 5.75 Å². The van der Waals surface area contributed by atoms with Crippen LogP contribution < -0.4 is 9.64 Å². The molecule has 0 atom stereocenters. The second-order valence-corrected chi connectivity index (χ2v) is 8.20. The summed E-state index contributed by atoms with van der Waals surface area (Å²) in [6.45, 7) is 5.19. The maximum atomic E-state index is 12.7. The molecule has 2 aliphatic rings. The highest BCUT2D eigenvalue weighted by Gasteiger charge is 2.23. The number of amides is 1. The molecule has 0 spiro atoms. The SMILES string of the molecule is O=C(/C=C/c1c(Cl)nc2ccccn12)N1CC[NH+](Cc2ccc3c(c2)CCO3)CC1. The Bertz CT molecular complexity index is 1120. The molecule has 154 valence electrons. The molecule has 1 saturated heterocycles. The summed E-state index contributed by atoms with van der Waals surface area (Å²) in [6, 6.07) is 12.2. The van der Waals surface area contributed by atoms with E-state index in [1.807, 2.05) is 33.7 Å². The molecule has 30 heavy (non-hydrogen) atoms. The first-order chi connectivity index (χ1) is 14.7. The van der Waals surface area contributed by atoms with Crippen LogP contribution in [0.25, 0.3) is 11.7 Å². The smallest absolute Gasteiger partial charge is 0.247 e. The van der Waals surface area contributed by atoms with E-state index in [1.54, 1.807) is 12.2 Å². The average Bonchev–Trinajstić information content (AvgIpc) is 3.35. The van der Waals surface area contributed by atoms with Crippen molar-refractivity contribution in [3.8, 4) is 5.75 Å². The van der Waals surface area contributed by atoms with Gasteiger partial charge in [0, 0.05) is 24.3 Å². The summed E-state index contributed by atoms with van der Waals surface area (Å²) in [4.78, 5) is 20.4. The van der Waals surface area contributed by atoms with E-state index in [0.29, 0.717) is 5.15 Å². The van der Waals surface area contributed by atoms with E-state index in [4.69, 9.17) is 16.3 Å². The van der Waals surface area contributed by atoms with Gasteiger partial charge in [0.05, 0.1) is 38.5 Å². The zero-order chi connectivity index (χ0) is 20.5. The number of carbonyl (C=O) groups is 1. The number of quaternary nitrogens is 1. The number of piperazine rings is 1. The molecule has 1 N–H and O–H groups in total. The van der Waals surface area contributed by atoms with E-state index < -0.39 is 0 Å². The molecule has 4 heterocycles. The lowest BCUT2D eigenvalue weighted by atomic mass is 10.1. The van der Waals surface area contributed by atoms with Crippen molar-refractivity contribution in [1.29, 1.82) is 0 Å². The summed E-state index contributed by atoms with van der Waals surface area (Å²) in [5.41, 5.74) is 4.16. The minimum absolute atomic E-state index is 0.0191. The Balaban J connectivity index is 1.18. The van der Waals surface area contributed by atoms with E-state index in [9.17, 15) is 4.79 Å². The topological polar surface area (TPSA) is 51.3 Å². The fraction of sp³-hybridized carbons (Fsp3) is 0.304. The van der Waals surface area contributed by atoms with Crippen molar-refractivity contribution in [2.24, 2.45) is 0 Å². The molecular weight excluding hydrogens is 400 g/mol. The lowest BCUT2D eigenvalue weighted by Crippen LogP contribution is -3.13. The minimum Gasteiger partial charge on any atom is -0.493 e. The van der Waals surface area contributed by atoms with Crippen molar-refractivity contribution in [1.82, 2.24) is 14.3 Å². The second-order valence-electron chi connectivity index (χ2n) is 7.84. The molecule has 6 nitrogen and oxygen atoms in total. The highest BCUT2D eigenvalue weighted by molar-refractivity contribution is 6.31. The van der Waals surface area contributed by atoms with Crippen LogP contribution in [0.3, 0.4) is 0 Å². The molecule has 1 fully saturated rings. The van der Waals surface area contributed by atoms with Gasteiger partial charge in [-0.2, -0.15) is 0 Å². The average molecular weight is 424 g/mol. The Hall–Kier alpha value is -2.83. The molecule has 0 saturated carbocycles. The summed E-state index contributed by atoms with van der Waals surface area (Å²) < 4.78 is 7.48. The Labute approximate surface area is 180 Å². The van der Waals surface area contributed by atoms with E-state index in [-0.39, 0.29) is 5.91 Å². The summed E-state index contributed by atoms with van der Waals surface area (Å²) in [5, 5.41) is 0.402. The Kier molecular flexibility index (Phi) is 5.19. The van der Waals surface area contributed by atoms with Gasteiger partial charge in [-0.15, -0.1) is 0 Å². The number of benzene rings is 1. The van der Waals surface area contributed by atoms with Crippen LogP contribution in [0.2, 0.25) is 5.15 Å². The van der Waals surface area contributed by atoms with E-state index >= 15 is 0 Å². The monoisotopic (exact) mass is 423 g/mol. The Morgan fingerprint density at radius 1 is 1.23 bits per heavy atom. The third-order valence-electron chi connectivity index (χ3n) is 5.90. The lowest BCUT2D eigenvalue weighted by Gasteiger charge is -2.31. The van der Waals surface area contributed by atoms with Crippen molar-refractivity contribution in [3.05, 3.63) is 70.6 Å². The predicted octanol–water partition coefficient (Wildman–Crippen LogP) is 1.86. The van der Waals surface area contributed by atoms with Gasteiger partial charge in [0.2, 0.25) is 5.91 Å². The van der Waals surface area contributed by atoms with Gasteiger partial charge >= 0.3 is 0 Å². The van der Waals surface area contributed by atoms with Crippen LogP contribution in [0, 0.1) is 0 Å². The molecule has 2 aliphatic heterocycles. The first-order valence-corrected chi connectivity index (χ1v) is 10.7. The molecule has 1 aromatic carbocycles. The molecule has 0 unspecified atom stereocenters. The molecule has 3 aromatic rings. The second kappa shape index (κ2) is 8.13. The van der Waals surface area contributed by atoms with Crippen molar-refractivity contribution in [2.75, 3.05) is 32.8 Å². The summed E-state index contributed by atoms with van der Waals surface area (Å²) in [5.74, 6) is 1.05. The molecule has 5 rings (SSSR count). The molecule has 1 amide bonds. The number of hydrogen-bond acceptors (Lipinski definition) is 3. The van der Waals surface area contributed by atoms with Gasteiger partial charge in [-0.1, -0.05) is 17.7 Å². The van der Waals surface area contributed by atoms with Gasteiger partial charge < -0.3 is 14.5 Å². The first-order valence-electron chi connectivity index (χ1n) is 10.3. The number of hydrogen-bond donors (Lipinski definition) is 1. The quantitative estimate of drug-likeness (QED) is 0.652. The Morgan fingerprint density at radius 3 is 2.97 bits per heavy atom. The van der Waals surface area contributed by atoms with Crippen LogP contribution in [0.15, 0.2) is 48.7 Å². The number of nitrogens with zero attached hydrogens (tertiary/aromatic N) is 3. The van der Waals surface area contributed by atoms with Gasteiger partial charge in [-0.3, -0.25) is 9.20 Å². The van der Waals surface area contributed by atoms with Crippen LogP contribution in [0.1, 0.15) is 16.8 Å². The predicted molar refractivity (Wildman–Crippen MR) is 116 cm³/mol. The molecule has 0 aliphatic carbocycles. The molecule has 0 bridgehead atoms. The number of rotatable bonds is 4. The number of fused-ring (bicyclic) bond motifs is 2. The number of nitrogens with one attached hydrogen (secondary N) is 1. The number of aromatic nitrogens is 2. The standard InChI is InChI=1S/C23H23ClN4O2/c24-23-19(28-9-2-1-3-21(28)25-23)5-7-22(29)27-12-10-26(11-13-27)16-17-4-6-20-18(15-17)8-14-30-20/h1-7,9,15H,8,10-14,16H2/p+1/b7-5+. The fourth-order valence-corrected chi connectivity index (χ4v) is 4.49. The minimum atomic E-state index is 0.0191. The molecule has 2 aromatic heterocycles. The van der Waals surface area contributed by atoms with Crippen LogP contribution >= 0.6 is 11.6 Å². The third-order valence-corrected chi connectivity index (χ3v) is 6.17. The van der Waals surface area contributed by atoms with Gasteiger partial charge in [-0.05, 0) is 42.0 Å². The highest BCUT2D eigenvalue weighted by atomic mass is 35.5. The van der Waals surface area contributed by atoms with Crippen molar-refractivity contribution in [3.63, 3.8) is 0 Å². The zero-order valence-corrected chi connectivity index (χ0v) is 17.4. The zero-order valence-electron chi connectivity index (χ0n) is 16.7. The molecular formula is C23H24ClN4O2+. The third kappa shape index (κ3) is 3.80. The largest absolute Gasteiger partial charge is 0.493 e.